The average Bonchev–Trinajstić information content (AvgIpc) is 3.06. The zero-order valence-corrected chi connectivity index (χ0v) is 10.8. The van der Waals surface area contributed by atoms with Gasteiger partial charge in [-0.3, -0.25) is 4.98 Å². The van der Waals surface area contributed by atoms with Gasteiger partial charge in [0, 0.05) is 28.5 Å². The van der Waals surface area contributed by atoms with E-state index in [-0.39, 0.29) is 0 Å². The predicted octanol–water partition coefficient (Wildman–Crippen LogP) is 3.01. The van der Waals surface area contributed by atoms with Crippen LogP contribution < -0.4 is 5.32 Å². The van der Waals surface area contributed by atoms with Gasteiger partial charge in [-0.05, 0) is 49.6 Å². The molecule has 2 aromatic heterocycles. The van der Waals surface area contributed by atoms with Crippen LogP contribution in [0, 0.1) is 0 Å². The van der Waals surface area contributed by atoms with Crippen molar-refractivity contribution in [3.63, 3.8) is 0 Å². The van der Waals surface area contributed by atoms with Crippen molar-refractivity contribution < 1.29 is 0 Å². The summed E-state index contributed by atoms with van der Waals surface area (Å²) in [7, 11) is 0. The second kappa shape index (κ2) is 4.35. The van der Waals surface area contributed by atoms with E-state index < -0.39 is 0 Å². The van der Waals surface area contributed by atoms with Gasteiger partial charge in [0.2, 0.25) is 0 Å². The van der Waals surface area contributed by atoms with Gasteiger partial charge in [0.1, 0.15) is 0 Å². The van der Waals surface area contributed by atoms with E-state index in [1.807, 2.05) is 12.4 Å². The van der Waals surface area contributed by atoms with Crippen molar-refractivity contribution in [1.29, 1.82) is 0 Å². The predicted molar refractivity (Wildman–Crippen MR) is 78.3 cm³/mol. The van der Waals surface area contributed by atoms with Crippen LogP contribution in [0.2, 0.25) is 0 Å². The minimum absolute atomic E-state index is 0.657. The van der Waals surface area contributed by atoms with Crippen LogP contribution in [0.1, 0.15) is 18.4 Å². The van der Waals surface area contributed by atoms with E-state index in [4.69, 9.17) is 0 Å². The highest BCUT2D eigenvalue weighted by Crippen LogP contribution is 2.26. The number of rotatable bonds is 2. The maximum Gasteiger partial charge on any atom is 0.0651 e. The molecule has 1 atom stereocenters. The number of nitrogens with one attached hydrogen (secondary N) is 2. The average molecular weight is 251 g/mol. The molecule has 3 nitrogen and oxygen atoms in total. The summed E-state index contributed by atoms with van der Waals surface area (Å²) in [6.45, 7) is 1.17. The Morgan fingerprint density at radius 2 is 2.16 bits per heavy atom. The molecule has 0 bridgehead atoms. The molecule has 2 N–H and O–H groups in total. The van der Waals surface area contributed by atoms with Crippen molar-refractivity contribution in [2.24, 2.45) is 0 Å². The fourth-order valence-electron chi connectivity index (χ4n) is 3.14. The van der Waals surface area contributed by atoms with Crippen molar-refractivity contribution in [3.05, 3.63) is 42.2 Å². The standard InChI is InChI=1S/C16H17N3/c1-2-12(18-6-1)8-11-3-4-15-14(9-11)13-5-7-17-10-16(13)19-15/h3-5,7,9-10,12,18-19H,1-2,6,8H2. The molecule has 1 saturated heterocycles. The lowest BCUT2D eigenvalue weighted by Crippen LogP contribution is -2.23. The molecule has 1 fully saturated rings. The molecule has 0 radical (unpaired) electrons. The van der Waals surface area contributed by atoms with Crippen molar-refractivity contribution in [2.75, 3.05) is 6.54 Å². The van der Waals surface area contributed by atoms with Gasteiger partial charge in [-0.15, -0.1) is 0 Å². The highest BCUT2D eigenvalue weighted by molar-refractivity contribution is 6.06. The van der Waals surface area contributed by atoms with E-state index in [2.05, 4.69) is 39.6 Å². The first-order valence-electron chi connectivity index (χ1n) is 6.98. The Hall–Kier alpha value is -1.87. The normalized spacial score (nSPS) is 19.5. The van der Waals surface area contributed by atoms with Gasteiger partial charge in [0.05, 0.1) is 11.7 Å². The summed E-state index contributed by atoms with van der Waals surface area (Å²) in [5.41, 5.74) is 3.74. The lowest BCUT2D eigenvalue weighted by atomic mass is 10.0. The summed E-state index contributed by atoms with van der Waals surface area (Å²) in [5, 5.41) is 6.15. The zero-order chi connectivity index (χ0) is 12.7. The Morgan fingerprint density at radius 1 is 1.16 bits per heavy atom. The number of aromatic nitrogens is 2. The Balaban J connectivity index is 1.78. The van der Waals surface area contributed by atoms with E-state index in [9.17, 15) is 0 Å². The molecular weight excluding hydrogens is 234 g/mol. The zero-order valence-electron chi connectivity index (χ0n) is 10.8. The molecule has 1 unspecified atom stereocenters. The van der Waals surface area contributed by atoms with Gasteiger partial charge >= 0.3 is 0 Å². The van der Waals surface area contributed by atoms with Crippen LogP contribution in [0.4, 0.5) is 0 Å². The van der Waals surface area contributed by atoms with E-state index in [1.54, 1.807) is 0 Å². The van der Waals surface area contributed by atoms with E-state index in [0.29, 0.717) is 6.04 Å². The van der Waals surface area contributed by atoms with Gasteiger partial charge in [0.15, 0.2) is 0 Å². The van der Waals surface area contributed by atoms with Crippen molar-refractivity contribution in [1.82, 2.24) is 15.3 Å². The smallest absolute Gasteiger partial charge is 0.0651 e. The lowest BCUT2D eigenvalue weighted by Gasteiger charge is -2.09. The van der Waals surface area contributed by atoms with Gasteiger partial charge in [-0.1, -0.05) is 6.07 Å². The van der Waals surface area contributed by atoms with Gasteiger partial charge in [0.25, 0.3) is 0 Å². The fraction of sp³-hybridized carbons (Fsp3) is 0.312. The summed E-state index contributed by atoms with van der Waals surface area (Å²) in [5.74, 6) is 0. The molecular formula is C16H17N3. The molecule has 1 aromatic carbocycles. The first kappa shape index (κ1) is 11.0. The summed E-state index contributed by atoms with van der Waals surface area (Å²) in [6.07, 6.45) is 7.50. The largest absolute Gasteiger partial charge is 0.353 e. The molecule has 3 heterocycles. The number of H-pyrrole nitrogens is 1. The quantitative estimate of drug-likeness (QED) is 0.735. The highest BCUT2D eigenvalue weighted by atomic mass is 14.9. The first-order valence-corrected chi connectivity index (χ1v) is 6.98. The lowest BCUT2D eigenvalue weighted by molar-refractivity contribution is 0.603. The van der Waals surface area contributed by atoms with Gasteiger partial charge in [-0.25, -0.2) is 0 Å². The van der Waals surface area contributed by atoms with Crippen LogP contribution >= 0.6 is 0 Å². The molecule has 96 valence electrons. The van der Waals surface area contributed by atoms with Crippen LogP contribution in [0.25, 0.3) is 21.8 Å². The summed E-state index contributed by atoms with van der Waals surface area (Å²) in [4.78, 5) is 7.59. The second-order valence-corrected chi connectivity index (χ2v) is 5.42. The SMILES string of the molecule is c1cc2c(cn1)[nH]c1ccc(CC3CCCN3)cc12. The third kappa shape index (κ3) is 1.90. The molecule has 3 heteroatoms. The first-order chi connectivity index (χ1) is 9.40. The van der Waals surface area contributed by atoms with Crippen LogP contribution in [0.3, 0.4) is 0 Å². The molecule has 1 aliphatic rings. The molecule has 3 aromatic rings. The second-order valence-electron chi connectivity index (χ2n) is 5.42. The molecule has 4 rings (SSSR count). The molecule has 0 saturated carbocycles. The van der Waals surface area contributed by atoms with Gasteiger partial charge in [-0.2, -0.15) is 0 Å². The number of aromatic amines is 1. The Labute approximate surface area is 112 Å². The third-order valence-corrected chi connectivity index (χ3v) is 4.11. The van der Waals surface area contributed by atoms with E-state index in [0.717, 1.165) is 11.9 Å². The molecule has 0 amide bonds. The van der Waals surface area contributed by atoms with Gasteiger partial charge < -0.3 is 10.3 Å². The summed E-state index contributed by atoms with van der Waals surface area (Å²) in [6, 6.07) is 9.51. The number of pyridine rings is 1. The Kier molecular flexibility index (Phi) is 2.52. The van der Waals surface area contributed by atoms with Crippen LogP contribution in [0.5, 0.6) is 0 Å². The van der Waals surface area contributed by atoms with E-state index in [1.165, 1.54) is 41.2 Å². The molecule has 0 spiro atoms. The van der Waals surface area contributed by atoms with Crippen molar-refractivity contribution in [3.8, 4) is 0 Å². The van der Waals surface area contributed by atoms with Crippen LogP contribution in [0.15, 0.2) is 36.7 Å². The molecule has 19 heavy (non-hydrogen) atoms. The highest BCUT2D eigenvalue weighted by Gasteiger charge is 2.14. The van der Waals surface area contributed by atoms with Crippen LogP contribution in [-0.4, -0.2) is 22.6 Å². The summed E-state index contributed by atoms with van der Waals surface area (Å²) < 4.78 is 0. The fourth-order valence-corrected chi connectivity index (χ4v) is 3.14. The minimum atomic E-state index is 0.657. The maximum atomic E-state index is 4.17. The maximum absolute atomic E-state index is 4.17. The Morgan fingerprint density at radius 3 is 3.05 bits per heavy atom. The number of benzene rings is 1. The molecule has 0 aliphatic carbocycles. The summed E-state index contributed by atoms with van der Waals surface area (Å²) >= 11 is 0. The molecule has 1 aliphatic heterocycles. The minimum Gasteiger partial charge on any atom is -0.353 e. The monoisotopic (exact) mass is 251 g/mol. The number of hydrogen-bond donors (Lipinski definition) is 2. The third-order valence-electron chi connectivity index (χ3n) is 4.11. The number of nitrogens with zero attached hydrogens (tertiary/aromatic N) is 1. The van der Waals surface area contributed by atoms with Crippen LogP contribution in [-0.2, 0) is 6.42 Å². The van der Waals surface area contributed by atoms with Crippen molar-refractivity contribution >= 4 is 21.8 Å². The number of fused-ring (bicyclic) bond motifs is 3. The number of hydrogen-bond acceptors (Lipinski definition) is 2. The van der Waals surface area contributed by atoms with E-state index >= 15 is 0 Å². The topological polar surface area (TPSA) is 40.7 Å². The van der Waals surface area contributed by atoms with Crippen molar-refractivity contribution in [2.45, 2.75) is 25.3 Å². The Bertz CT molecular complexity index is 723.